The molecule has 0 bridgehead atoms. The lowest BCUT2D eigenvalue weighted by molar-refractivity contribution is -0.0569. The summed E-state index contributed by atoms with van der Waals surface area (Å²) in [6, 6.07) is 6.10. The van der Waals surface area contributed by atoms with Crippen LogP contribution in [-0.2, 0) is 9.47 Å². The van der Waals surface area contributed by atoms with E-state index >= 15 is 0 Å². The molecule has 0 amide bonds. The van der Waals surface area contributed by atoms with Gasteiger partial charge >= 0.3 is 0 Å². The molecule has 0 heterocycles. The van der Waals surface area contributed by atoms with E-state index in [4.69, 9.17) is 19.5 Å². The molecule has 0 saturated heterocycles. The van der Waals surface area contributed by atoms with Crippen molar-refractivity contribution in [3.05, 3.63) is 29.6 Å². The van der Waals surface area contributed by atoms with Gasteiger partial charge in [0, 0.05) is 7.11 Å². The lowest BCUT2D eigenvalue weighted by Gasteiger charge is -2.18. The van der Waals surface area contributed by atoms with Crippen LogP contribution in [0, 0.1) is 17.1 Å². The largest absolute Gasteiger partial charge is 0.487 e. The Morgan fingerprint density at radius 3 is 2.83 bits per heavy atom. The van der Waals surface area contributed by atoms with Gasteiger partial charge in [0.05, 0.1) is 6.61 Å². The molecule has 1 atom stereocenters. The van der Waals surface area contributed by atoms with Crippen molar-refractivity contribution in [2.24, 2.45) is 0 Å². The summed E-state index contributed by atoms with van der Waals surface area (Å²) < 4.78 is 28.9. The van der Waals surface area contributed by atoms with Crippen LogP contribution in [0.25, 0.3) is 0 Å². The van der Waals surface area contributed by atoms with Crippen LogP contribution in [0.2, 0.25) is 0 Å². The summed E-state index contributed by atoms with van der Waals surface area (Å²) in [5, 5.41) is 8.88. The number of ether oxygens (including phenoxy) is 3. The van der Waals surface area contributed by atoms with Crippen LogP contribution < -0.4 is 4.74 Å². The molecule has 0 N–H and O–H groups in total. The Morgan fingerprint density at radius 2 is 2.22 bits per heavy atom. The number of methoxy groups -OCH3 is 1. The molecule has 5 heteroatoms. The van der Waals surface area contributed by atoms with Gasteiger partial charge in [0.15, 0.2) is 0 Å². The van der Waals surface area contributed by atoms with Gasteiger partial charge in [-0.3, -0.25) is 0 Å². The molecule has 0 saturated carbocycles. The second-order valence-corrected chi connectivity index (χ2v) is 3.65. The number of hydrogen-bond donors (Lipinski definition) is 0. The number of hydrogen-bond acceptors (Lipinski definition) is 4. The van der Waals surface area contributed by atoms with Crippen molar-refractivity contribution in [3.63, 3.8) is 0 Å². The van der Waals surface area contributed by atoms with Crippen LogP contribution in [0.1, 0.15) is 18.9 Å². The molecule has 0 aromatic heterocycles. The third kappa shape index (κ3) is 3.99. The maximum atomic E-state index is 13.4. The molecule has 1 rings (SSSR count). The van der Waals surface area contributed by atoms with E-state index in [-0.39, 0.29) is 24.2 Å². The van der Waals surface area contributed by atoms with Gasteiger partial charge in [-0.25, -0.2) is 4.39 Å². The molecule has 4 nitrogen and oxygen atoms in total. The van der Waals surface area contributed by atoms with E-state index in [1.807, 2.05) is 6.92 Å². The normalized spacial score (nSPS) is 11.9. The smallest absolute Gasteiger partial charge is 0.146 e. The minimum Gasteiger partial charge on any atom is -0.487 e. The number of rotatable bonds is 7. The van der Waals surface area contributed by atoms with Crippen molar-refractivity contribution in [3.8, 4) is 11.8 Å². The lowest BCUT2D eigenvalue weighted by Crippen LogP contribution is -2.23. The van der Waals surface area contributed by atoms with E-state index in [9.17, 15) is 4.39 Å². The Labute approximate surface area is 106 Å². The van der Waals surface area contributed by atoms with Gasteiger partial charge in [0.2, 0.25) is 0 Å². The van der Waals surface area contributed by atoms with Crippen LogP contribution in [0.3, 0.4) is 0 Å². The van der Waals surface area contributed by atoms with Crippen molar-refractivity contribution < 1.29 is 18.6 Å². The highest BCUT2D eigenvalue weighted by Crippen LogP contribution is 2.22. The van der Waals surface area contributed by atoms with Crippen molar-refractivity contribution in [2.75, 3.05) is 20.5 Å². The summed E-state index contributed by atoms with van der Waals surface area (Å²) in [6.45, 7) is 2.42. The fourth-order valence-corrected chi connectivity index (χ4v) is 1.39. The van der Waals surface area contributed by atoms with Gasteiger partial charge in [0.25, 0.3) is 0 Å². The van der Waals surface area contributed by atoms with Gasteiger partial charge in [-0.2, -0.15) is 5.26 Å². The maximum absolute atomic E-state index is 13.4. The van der Waals surface area contributed by atoms with E-state index in [0.717, 1.165) is 0 Å². The zero-order valence-electron chi connectivity index (χ0n) is 10.5. The van der Waals surface area contributed by atoms with E-state index < -0.39 is 5.82 Å². The Hall–Kier alpha value is -1.64. The van der Waals surface area contributed by atoms with Crippen LogP contribution in [0.15, 0.2) is 18.2 Å². The second-order valence-electron chi connectivity index (χ2n) is 3.65. The standard InChI is InChI=1S/C13H16FNO3/c1-3-10(8-17-9-16-2)18-13-6-4-5-12(14)11(13)7-15/h4-6,10H,3,8-9H2,1-2H3. The quantitative estimate of drug-likeness (QED) is 0.553. The summed E-state index contributed by atoms with van der Waals surface area (Å²) in [5.41, 5.74) is -0.0808. The first-order valence-corrected chi connectivity index (χ1v) is 5.64. The first kappa shape index (κ1) is 14.4. The third-order valence-corrected chi connectivity index (χ3v) is 2.34. The van der Waals surface area contributed by atoms with Crippen LogP contribution in [0.5, 0.6) is 5.75 Å². The predicted octanol–water partition coefficient (Wildman–Crippen LogP) is 2.48. The first-order valence-electron chi connectivity index (χ1n) is 5.64. The zero-order valence-corrected chi connectivity index (χ0v) is 10.5. The average molecular weight is 253 g/mol. The summed E-state index contributed by atoms with van der Waals surface area (Å²) >= 11 is 0. The van der Waals surface area contributed by atoms with Gasteiger partial charge < -0.3 is 14.2 Å². The van der Waals surface area contributed by atoms with Crippen molar-refractivity contribution in [2.45, 2.75) is 19.4 Å². The molecular weight excluding hydrogens is 237 g/mol. The highest BCUT2D eigenvalue weighted by molar-refractivity contribution is 5.43. The number of benzene rings is 1. The van der Waals surface area contributed by atoms with Gasteiger partial charge in [-0.1, -0.05) is 13.0 Å². The number of halogens is 1. The van der Waals surface area contributed by atoms with Gasteiger partial charge in [-0.05, 0) is 18.6 Å². The summed E-state index contributed by atoms with van der Waals surface area (Å²) in [6.07, 6.45) is 0.444. The third-order valence-electron chi connectivity index (χ3n) is 2.34. The zero-order chi connectivity index (χ0) is 13.4. The van der Waals surface area contributed by atoms with Crippen molar-refractivity contribution in [1.82, 2.24) is 0 Å². The molecule has 98 valence electrons. The average Bonchev–Trinajstić information content (AvgIpc) is 2.38. The molecule has 0 radical (unpaired) electrons. The lowest BCUT2D eigenvalue weighted by atomic mass is 10.2. The predicted molar refractivity (Wildman–Crippen MR) is 63.7 cm³/mol. The molecule has 0 aliphatic carbocycles. The van der Waals surface area contributed by atoms with Crippen LogP contribution >= 0.6 is 0 Å². The molecule has 0 aliphatic heterocycles. The number of nitriles is 1. The highest BCUT2D eigenvalue weighted by atomic mass is 19.1. The monoisotopic (exact) mass is 253 g/mol. The fraction of sp³-hybridized carbons (Fsp3) is 0.462. The van der Waals surface area contributed by atoms with E-state index in [1.54, 1.807) is 12.1 Å². The minimum atomic E-state index is -0.581. The Morgan fingerprint density at radius 1 is 1.44 bits per heavy atom. The SMILES string of the molecule is CCC(COCOC)Oc1cccc(F)c1C#N. The molecule has 1 aromatic rings. The first-order chi connectivity index (χ1) is 8.72. The highest BCUT2D eigenvalue weighted by Gasteiger charge is 2.14. The van der Waals surface area contributed by atoms with E-state index in [1.165, 1.54) is 19.2 Å². The fourth-order valence-electron chi connectivity index (χ4n) is 1.39. The molecule has 18 heavy (non-hydrogen) atoms. The van der Waals surface area contributed by atoms with E-state index in [0.29, 0.717) is 13.0 Å². The van der Waals surface area contributed by atoms with Gasteiger partial charge in [0.1, 0.15) is 36.1 Å². The summed E-state index contributed by atoms with van der Waals surface area (Å²) in [4.78, 5) is 0. The topological polar surface area (TPSA) is 51.5 Å². The maximum Gasteiger partial charge on any atom is 0.146 e. The van der Waals surface area contributed by atoms with E-state index in [2.05, 4.69) is 0 Å². The Kier molecular flexibility index (Phi) is 6.12. The minimum absolute atomic E-state index is 0.0808. The molecule has 1 unspecified atom stereocenters. The molecule has 1 aromatic carbocycles. The van der Waals surface area contributed by atoms with Crippen molar-refractivity contribution >= 4 is 0 Å². The van der Waals surface area contributed by atoms with Crippen molar-refractivity contribution in [1.29, 1.82) is 5.26 Å². The summed E-state index contributed by atoms with van der Waals surface area (Å²) in [7, 11) is 1.53. The number of nitrogens with zero attached hydrogens (tertiary/aromatic N) is 1. The molecule has 0 fully saturated rings. The Bertz CT molecular complexity index is 417. The molecule has 0 aliphatic rings. The molecule has 0 spiro atoms. The summed E-state index contributed by atoms with van der Waals surface area (Å²) in [5.74, 6) is -0.340. The Balaban J connectivity index is 2.70. The molecular formula is C13H16FNO3. The van der Waals surface area contributed by atoms with Crippen LogP contribution in [-0.4, -0.2) is 26.6 Å². The van der Waals surface area contributed by atoms with Gasteiger partial charge in [-0.15, -0.1) is 0 Å². The second kappa shape index (κ2) is 7.64. The van der Waals surface area contributed by atoms with Crippen LogP contribution in [0.4, 0.5) is 4.39 Å².